The Balaban J connectivity index is 1.30. The summed E-state index contributed by atoms with van der Waals surface area (Å²) in [4.78, 5) is 35.2. The van der Waals surface area contributed by atoms with Crippen molar-refractivity contribution in [1.29, 1.82) is 5.26 Å². The van der Waals surface area contributed by atoms with E-state index in [1.807, 2.05) is 24.3 Å². The van der Waals surface area contributed by atoms with Crippen molar-refractivity contribution in [2.24, 2.45) is 4.99 Å². The van der Waals surface area contributed by atoms with Crippen LogP contribution in [0, 0.1) is 11.3 Å². The summed E-state index contributed by atoms with van der Waals surface area (Å²) in [5, 5.41) is 24.2. The molecule has 12 heteroatoms. The molecular weight excluding hydrogens is 460 g/mol. The van der Waals surface area contributed by atoms with Gasteiger partial charge in [-0.3, -0.25) is 9.88 Å². The summed E-state index contributed by atoms with van der Waals surface area (Å²) >= 11 is 0. The Morgan fingerprint density at radius 2 is 2.03 bits per heavy atom. The van der Waals surface area contributed by atoms with Crippen molar-refractivity contribution in [3.63, 3.8) is 0 Å². The van der Waals surface area contributed by atoms with Gasteiger partial charge in [-0.05, 0) is 36.6 Å². The van der Waals surface area contributed by atoms with Crippen LogP contribution in [0.4, 0.5) is 5.95 Å². The summed E-state index contributed by atoms with van der Waals surface area (Å²) in [5.74, 6) is 0.336. The van der Waals surface area contributed by atoms with E-state index >= 15 is 0 Å². The molecule has 1 saturated carbocycles. The zero-order valence-electron chi connectivity index (χ0n) is 19.4. The van der Waals surface area contributed by atoms with Crippen LogP contribution in [0.2, 0.25) is 0 Å². The molecule has 0 radical (unpaired) electrons. The van der Waals surface area contributed by atoms with Gasteiger partial charge in [0.15, 0.2) is 5.65 Å². The van der Waals surface area contributed by atoms with Gasteiger partial charge in [0.25, 0.3) is 5.62 Å². The van der Waals surface area contributed by atoms with E-state index in [2.05, 4.69) is 30.9 Å². The van der Waals surface area contributed by atoms with Crippen molar-refractivity contribution in [3.05, 3.63) is 68.6 Å². The lowest BCUT2D eigenvalue weighted by Gasteiger charge is -2.34. The molecule has 1 aliphatic heterocycles. The van der Waals surface area contributed by atoms with Crippen molar-refractivity contribution < 1.29 is 5.11 Å². The SMILES string of the molecule is N#Cc1cccc(CN2CCN(c3nc(=NC4CC4)n4ncc(=Cc5[nH]c(=O)[nH]c5O)c4n3)CC2)c1. The molecule has 36 heavy (non-hydrogen) atoms. The Kier molecular flexibility index (Phi) is 5.46. The number of aromatic amines is 2. The van der Waals surface area contributed by atoms with E-state index in [1.165, 1.54) is 0 Å². The average Bonchev–Trinajstić information content (AvgIpc) is 3.52. The average molecular weight is 485 g/mol. The van der Waals surface area contributed by atoms with Crippen LogP contribution in [0.3, 0.4) is 0 Å². The Morgan fingerprint density at radius 1 is 1.19 bits per heavy atom. The second-order valence-electron chi connectivity index (χ2n) is 9.08. The highest BCUT2D eigenvalue weighted by Gasteiger charge is 2.23. The quantitative estimate of drug-likeness (QED) is 0.347. The first kappa shape index (κ1) is 22.0. The maximum absolute atomic E-state index is 11.5. The number of aromatic nitrogens is 6. The first-order chi connectivity index (χ1) is 17.6. The summed E-state index contributed by atoms with van der Waals surface area (Å²) in [6.07, 6.45) is 5.31. The maximum Gasteiger partial charge on any atom is 0.326 e. The molecule has 1 saturated heterocycles. The van der Waals surface area contributed by atoms with E-state index in [9.17, 15) is 9.90 Å². The smallest absolute Gasteiger partial charge is 0.326 e. The van der Waals surface area contributed by atoms with Crippen LogP contribution in [-0.4, -0.2) is 71.8 Å². The number of anilines is 1. The van der Waals surface area contributed by atoms with Gasteiger partial charge in [-0.2, -0.15) is 24.8 Å². The Morgan fingerprint density at radius 3 is 2.75 bits per heavy atom. The molecule has 0 amide bonds. The van der Waals surface area contributed by atoms with Crippen LogP contribution in [0.5, 0.6) is 5.88 Å². The molecule has 4 heterocycles. The fourth-order valence-electron chi connectivity index (χ4n) is 4.31. The van der Waals surface area contributed by atoms with Crippen molar-refractivity contribution in [1.82, 2.24) is 34.4 Å². The van der Waals surface area contributed by atoms with E-state index in [0.29, 0.717) is 28.0 Å². The number of nitrogens with one attached hydrogen (secondary N) is 2. The second-order valence-corrected chi connectivity index (χ2v) is 9.08. The van der Waals surface area contributed by atoms with Crippen molar-refractivity contribution in [3.8, 4) is 11.9 Å². The van der Waals surface area contributed by atoms with Crippen molar-refractivity contribution in [2.75, 3.05) is 31.1 Å². The number of rotatable bonds is 5. The number of fused-ring (bicyclic) bond motifs is 1. The first-order valence-corrected chi connectivity index (χ1v) is 11.8. The number of hydrogen-bond acceptors (Lipinski definition) is 9. The van der Waals surface area contributed by atoms with Crippen LogP contribution >= 0.6 is 0 Å². The zero-order chi connectivity index (χ0) is 24.6. The van der Waals surface area contributed by atoms with E-state index in [1.54, 1.807) is 16.8 Å². The molecule has 2 fully saturated rings. The Labute approximate surface area is 204 Å². The molecule has 182 valence electrons. The lowest BCUT2D eigenvalue weighted by molar-refractivity contribution is 0.248. The maximum atomic E-state index is 11.5. The standard InChI is InChI=1S/C24H24N10O2/c25-12-15-2-1-3-16(10-15)14-32-6-8-33(9-7-32)22-29-20-17(11-19-21(35)30-24(36)28-19)13-26-34(20)23(31-22)27-18-4-5-18/h1-3,10-11,13,18,35H,4-9,14H2,(H2,28,30,36). The second kappa shape index (κ2) is 8.94. The lowest BCUT2D eigenvalue weighted by atomic mass is 10.1. The molecule has 1 aliphatic carbocycles. The van der Waals surface area contributed by atoms with Crippen molar-refractivity contribution >= 4 is 17.7 Å². The predicted octanol–water partition coefficient (Wildman–Crippen LogP) is -0.349. The highest BCUT2D eigenvalue weighted by atomic mass is 16.3. The summed E-state index contributed by atoms with van der Waals surface area (Å²) in [5.41, 5.74) is 2.61. The summed E-state index contributed by atoms with van der Waals surface area (Å²) in [7, 11) is 0. The number of imidazole rings is 1. The van der Waals surface area contributed by atoms with E-state index in [0.717, 1.165) is 51.1 Å². The number of nitriles is 1. The molecule has 4 aromatic rings. The zero-order valence-corrected chi connectivity index (χ0v) is 19.4. The predicted molar refractivity (Wildman–Crippen MR) is 130 cm³/mol. The van der Waals surface area contributed by atoms with Crippen LogP contribution in [0.25, 0.3) is 11.7 Å². The van der Waals surface area contributed by atoms with Gasteiger partial charge in [-0.1, -0.05) is 12.1 Å². The van der Waals surface area contributed by atoms with E-state index in [4.69, 9.17) is 20.2 Å². The van der Waals surface area contributed by atoms with Crippen LogP contribution < -0.4 is 21.4 Å². The number of benzene rings is 1. The molecule has 0 atom stereocenters. The van der Waals surface area contributed by atoms with Gasteiger partial charge >= 0.3 is 5.69 Å². The number of H-pyrrole nitrogens is 2. The topological polar surface area (TPSA) is 155 Å². The number of aromatic hydroxyl groups is 1. The third kappa shape index (κ3) is 4.44. The van der Waals surface area contributed by atoms with Gasteiger partial charge in [0.05, 0.1) is 23.9 Å². The fraction of sp³-hybridized carbons (Fsp3) is 0.333. The first-order valence-electron chi connectivity index (χ1n) is 11.8. The monoisotopic (exact) mass is 484 g/mol. The molecular formula is C24H24N10O2. The van der Waals surface area contributed by atoms with Crippen molar-refractivity contribution in [2.45, 2.75) is 25.4 Å². The lowest BCUT2D eigenvalue weighted by Crippen LogP contribution is -2.47. The fourth-order valence-corrected chi connectivity index (χ4v) is 4.31. The molecule has 12 nitrogen and oxygen atoms in total. The van der Waals surface area contributed by atoms with Gasteiger partial charge in [-0.25, -0.2) is 9.79 Å². The highest BCUT2D eigenvalue weighted by molar-refractivity contribution is 5.57. The number of hydrogen-bond donors (Lipinski definition) is 3. The highest BCUT2D eigenvalue weighted by Crippen LogP contribution is 2.22. The van der Waals surface area contributed by atoms with Gasteiger partial charge in [0, 0.05) is 37.9 Å². The van der Waals surface area contributed by atoms with Gasteiger partial charge in [-0.15, -0.1) is 0 Å². The van der Waals surface area contributed by atoms with Gasteiger partial charge < -0.3 is 15.0 Å². The summed E-state index contributed by atoms with van der Waals surface area (Å²) in [6.45, 7) is 3.94. The molecule has 1 aromatic carbocycles. The van der Waals surface area contributed by atoms with E-state index in [-0.39, 0.29) is 17.6 Å². The molecule has 0 unspecified atom stereocenters. The number of nitrogens with zero attached hydrogens (tertiary/aromatic N) is 8. The third-order valence-corrected chi connectivity index (χ3v) is 6.36. The van der Waals surface area contributed by atoms with Crippen LogP contribution in [-0.2, 0) is 6.54 Å². The summed E-state index contributed by atoms with van der Waals surface area (Å²) < 4.78 is 1.61. The minimum Gasteiger partial charge on any atom is -0.493 e. The van der Waals surface area contributed by atoms with Crippen LogP contribution in [0.15, 0.2) is 40.2 Å². The van der Waals surface area contributed by atoms with Crippen LogP contribution in [0.1, 0.15) is 29.7 Å². The molecule has 0 spiro atoms. The molecule has 6 rings (SSSR count). The van der Waals surface area contributed by atoms with E-state index < -0.39 is 5.69 Å². The molecule has 0 bridgehead atoms. The molecule has 3 aromatic heterocycles. The summed E-state index contributed by atoms with van der Waals surface area (Å²) in [6, 6.07) is 10.2. The molecule has 3 N–H and O–H groups in total. The van der Waals surface area contributed by atoms with Gasteiger partial charge in [0.1, 0.15) is 5.69 Å². The number of piperazine rings is 1. The van der Waals surface area contributed by atoms with Gasteiger partial charge in [0.2, 0.25) is 11.8 Å². The minimum absolute atomic E-state index is 0.243. The Hall–Kier alpha value is -4.50. The minimum atomic E-state index is -0.493. The molecule has 2 aliphatic rings. The largest absolute Gasteiger partial charge is 0.493 e. The normalized spacial score (nSPS) is 17.7. The Bertz CT molecular complexity index is 1650. The third-order valence-electron chi connectivity index (χ3n) is 6.36.